The first-order valence-electron chi connectivity index (χ1n) is 6.79. The van der Waals surface area contributed by atoms with Crippen molar-refractivity contribution in [1.29, 1.82) is 0 Å². The van der Waals surface area contributed by atoms with Gasteiger partial charge in [0.2, 0.25) is 0 Å². The largest absolute Gasteiger partial charge is 0.444 e. The van der Waals surface area contributed by atoms with Gasteiger partial charge in [-0.25, -0.2) is 4.79 Å². The second-order valence-corrected chi connectivity index (χ2v) is 8.22. The molecule has 0 fully saturated rings. The van der Waals surface area contributed by atoms with Gasteiger partial charge in [0.25, 0.3) is 0 Å². The summed E-state index contributed by atoms with van der Waals surface area (Å²) in [5.41, 5.74) is -2.29. The van der Waals surface area contributed by atoms with Crippen molar-refractivity contribution < 1.29 is 14.6 Å². The summed E-state index contributed by atoms with van der Waals surface area (Å²) in [6, 6.07) is 0. The Bertz CT molecular complexity index is 302. The highest BCUT2D eigenvalue weighted by Gasteiger charge is 2.49. The van der Waals surface area contributed by atoms with Gasteiger partial charge in [-0.15, -0.1) is 0 Å². The lowest BCUT2D eigenvalue weighted by atomic mass is 9.62. The quantitative estimate of drug-likeness (QED) is 0.811. The van der Waals surface area contributed by atoms with Gasteiger partial charge in [0.15, 0.2) is 0 Å². The minimum atomic E-state index is -1.03. The van der Waals surface area contributed by atoms with Crippen molar-refractivity contribution in [1.82, 2.24) is 5.32 Å². The van der Waals surface area contributed by atoms with Crippen molar-refractivity contribution in [2.24, 2.45) is 10.8 Å². The Morgan fingerprint density at radius 1 is 0.947 bits per heavy atom. The van der Waals surface area contributed by atoms with Crippen LogP contribution in [0.3, 0.4) is 0 Å². The third kappa shape index (κ3) is 5.01. The lowest BCUT2D eigenvalue weighted by Crippen LogP contribution is -2.59. The van der Waals surface area contributed by atoms with E-state index in [1.165, 1.54) is 0 Å². The van der Waals surface area contributed by atoms with E-state index in [0.29, 0.717) is 0 Å². The number of ether oxygens (including phenoxy) is 1. The molecule has 0 heterocycles. The number of hydrogen-bond acceptors (Lipinski definition) is 3. The molecular weight excluding hydrogens is 242 g/mol. The van der Waals surface area contributed by atoms with Gasteiger partial charge in [-0.1, -0.05) is 41.5 Å². The second kappa shape index (κ2) is 5.31. The lowest BCUT2D eigenvalue weighted by molar-refractivity contribution is -0.133. The van der Waals surface area contributed by atoms with E-state index in [4.69, 9.17) is 4.74 Å². The molecule has 0 aliphatic heterocycles. The average Bonchev–Trinajstić information content (AvgIpc) is 2.07. The number of aliphatic hydroxyl groups is 1. The Morgan fingerprint density at radius 2 is 1.32 bits per heavy atom. The summed E-state index contributed by atoms with van der Waals surface area (Å²) < 4.78 is 5.20. The van der Waals surface area contributed by atoms with Gasteiger partial charge in [-0.3, -0.25) is 0 Å². The van der Waals surface area contributed by atoms with Crippen LogP contribution in [0.5, 0.6) is 0 Å². The summed E-state index contributed by atoms with van der Waals surface area (Å²) in [6.45, 7) is 17.4. The molecule has 0 unspecified atom stereocenters. The van der Waals surface area contributed by atoms with Gasteiger partial charge in [-0.2, -0.15) is 0 Å². The number of alkyl carbamates (subject to hydrolysis) is 1. The number of amides is 1. The molecular formula is C15H31NO3. The van der Waals surface area contributed by atoms with E-state index < -0.39 is 17.3 Å². The Labute approximate surface area is 117 Å². The van der Waals surface area contributed by atoms with Crippen LogP contribution in [0.1, 0.15) is 62.3 Å². The third-order valence-electron chi connectivity index (χ3n) is 3.37. The van der Waals surface area contributed by atoms with E-state index in [1.54, 1.807) is 0 Å². The number of hydrogen-bond donors (Lipinski definition) is 2. The molecule has 4 nitrogen and oxygen atoms in total. The highest BCUT2D eigenvalue weighted by atomic mass is 16.6. The van der Waals surface area contributed by atoms with Crippen molar-refractivity contribution in [3.63, 3.8) is 0 Å². The van der Waals surface area contributed by atoms with E-state index in [-0.39, 0.29) is 17.4 Å². The van der Waals surface area contributed by atoms with Gasteiger partial charge in [0.1, 0.15) is 5.60 Å². The topological polar surface area (TPSA) is 58.6 Å². The Morgan fingerprint density at radius 3 is 1.58 bits per heavy atom. The van der Waals surface area contributed by atoms with Gasteiger partial charge in [0, 0.05) is 0 Å². The highest BCUT2D eigenvalue weighted by Crippen LogP contribution is 2.43. The standard InChI is InChI=1S/C15H31NO3/c1-12(2,3)15(18,13(4,5)6)10-16-11(17)19-14(7,8)9/h18H,10H2,1-9H3,(H,16,17). The first kappa shape index (κ1) is 18.2. The Balaban J connectivity index is 4.87. The molecule has 0 rings (SSSR count). The minimum Gasteiger partial charge on any atom is -0.444 e. The Kier molecular flexibility index (Phi) is 5.10. The smallest absolute Gasteiger partial charge is 0.407 e. The normalized spacial score (nSPS) is 14.2. The molecule has 0 saturated heterocycles. The summed E-state index contributed by atoms with van der Waals surface area (Å²) in [4.78, 5) is 11.7. The van der Waals surface area contributed by atoms with E-state index in [2.05, 4.69) is 5.32 Å². The zero-order chi connectivity index (χ0) is 15.7. The average molecular weight is 273 g/mol. The molecule has 1 amide bonds. The number of nitrogens with one attached hydrogen (secondary N) is 1. The maximum Gasteiger partial charge on any atom is 0.407 e. The predicted molar refractivity (Wildman–Crippen MR) is 78.1 cm³/mol. The molecule has 2 N–H and O–H groups in total. The van der Waals surface area contributed by atoms with Crippen LogP contribution in [0, 0.1) is 10.8 Å². The molecule has 19 heavy (non-hydrogen) atoms. The fourth-order valence-corrected chi connectivity index (χ4v) is 2.17. The maximum absolute atomic E-state index is 11.7. The van der Waals surface area contributed by atoms with Crippen LogP contribution in [0.25, 0.3) is 0 Å². The Hall–Kier alpha value is -0.770. The van der Waals surface area contributed by atoms with Crippen molar-refractivity contribution in [2.45, 2.75) is 73.5 Å². The molecule has 0 saturated carbocycles. The van der Waals surface area contributed by atoms with Gasteiger partial charge >= 0.3 is 6.09 Å². The molecule has 0 aliphatic carbocycles. The number of carbonyl (C=O) groups excluding carboxylic acids is 1. The van der Waals surface area contributed by atoms with Crippen LogP contribution >= 0.6 is 0 Å². The first-order chi connectivity index (χ1) is 8.10. The van der Waals surface area contributed by atoms with Crippen LogP contribution in [-0.4, -0.2) is 28.9 Å². The number of rotatable bonds is 2. The number of carbonyl (C=O) groups is 1. The van der Waals surface area contributed by atoms with Crippen molar-refractivity contribution in [2.75, 3.05) is 6.54 Å². The monoisotopic (exact) mass is 273 g/mol. The fourth-order valence-electron chi connectivity index (χ4n) is 2.17. The molecule has 0 aromatic heterocycles. The fraction of sp³-hybridized carbons (Fsp3) is 0.933. The summed E-state index contributed by atoms with van der Waals surface area (Å²) in [5.74, 6) is 0. The van der Waals surface area contributed by atoms with Crippen molar-refractivity contribution in [3.8, 4) is 0 Å². The zero-order valence-electron chi connectivity index (χ0n) is 14.0. The molecule has 4 heteroatoms. The molecule has 0 aromatic rings. The SMILES string of the molecule is CC(C)(C)OC(=O)NCC(O)(C(C)(C)C)C(C)(C)C. The molecule has 0 radical (unpaired) electrons. The van der Waals surface area contributed by atoms with Crippen LogP contribution < -0.4 is 5.32 Å². The summed E-state index contributed by atoms with van der Waals surface area (Å²) >= 11 is 0. The zero-order valence-corrected chi connectivity index (χ0v) is 14.0. The van der Waals surface area contributed by atoms with Crippen LogP contribution in [0.2, 0.25) is 0 Å². The summed E-state index contributed by atoms with van der Waals surface area (Å²) in [6.07, 6.45) is -0.501. The highest BCUT2D eigenvalue weighted by molar-refractivity contribution is 5.67. The summed E-state index contributed by atoms with van der Waals surface area (Å²) in [5, 5.41) is 13.6. The van der Waals surface area contributed by atoms with Crippen LogP contribution in [-0.2, 0) is 4.74 Å². The molecule has 0 aromatic carbocycles. The first-order valence-corrected chi connectivity index (χ1v) is 6.79. The molecule has 0 aliphatic rings. The molecule has 0 bridgehead atoms. The van der Waals surface area contributed by atoms with Gasteiger partial charge < -0.3 is 15.2 Å². The lowest BCUT2D eigenvalue weighted by Gasteiger charge is -2.49. The molecule has 0 spiro atoms. The van der Waals surface area contributed by atoms with Gasteiger partial charge in [-0.05, 0) is 31.6 Å². The maximum atomic E-state index is 11.7. The van der Waals surface area contributed by atoms with Crippen molar-refractivity contribution in [3.05, 3.63) is 0 Å². The van der Waals surface area contributed by atoms with Crippen LogP contribution in [0.4, 0.5) is 4.79 Å². The molecule has 0 atom stereocenters. The summed E-state index contributed by atoms with van der Waals surface area (Å²) in [7, 11) is 0. The van der Waals surface area contributed by atoms with Crippen LogP contribution in [0.15, 0.2) is 0 Å². The third-order valence-corrected chi connectivity index (χ3v) is 3.37. The van der Waals surface area contributed by atoms with E-state index >= 15 is 0 Å². The predicted octanol–water partition coefficient (Wildman–Crippen LogP) is 3.33. The van der Waals surface area contributed by atoms with Crippen molar-refractivity contribution >= 4 is 6.09 Å². The van der Waals surface area contributed by atoms with E-state index in [9.17, 15) is 9.90 Å². The van der Waals surface area contributed by atoms with E-state index in [1.807, 2.05) is 62.3 Å². The molecule has 114 valence electrons. The van der Waals surface area contributed by atoms with E-state index in [0.717, 1.165) is 0 Å². The second-order valence-electron chi connectivity index (χ2n) is 8.22. The van der Waals surface area contributed by atoms with Gasteiger partial charge in [0.05, 0.1) is 12.1 Å². The minimum absolute atomic E-state index is 0.162.